The fourth-order valence-corrected chi connectivity index (χ4v) is 1.47. The second-order valence-electron chi connectivity index (χ2n) is 3.26. The Morgan fingerprint density at radius 1 is 1.29 bits per heavy atom. The Morgan fingerprint density at radius 3 is 2.76 bits per heavy atom. The van der Waals surface area contributed by atoms with Gasteiger partial charge >= 0.3 is 0 Å². The minimum absolute atomic E-state index is 0.0538. The van der Waals surface area contributed by atoms with E-state index in [-0.39, 0.29) is 10.7 Å². The molecule has 0 unspecified atom stereocenters. The minimum Gasteiger partial charge on any atom is -0.486 e. The molecular formula is C12H8ClN3O. The predicted octanol–water partition coefficient (Wildman–Crippen LogP) is 2.58. The topological polar surface area (TPSA) is 58.8 Å². The van der Waals surface area contributed by atoms with E-state index in [1.54, 1.807) is 0 Å². The Hall–Kier alpha value is -2.12. The first-order valence-electron chi connectivity index (χ1n) is 4.89. The molecule has 4 nitrogen and oxygen atoms in total. The molecule has 1 aromatic heterocycles. The molecular weight excluding hydrogens is 238 g/mol. The third-order valence-electron chi connectivity index (χ3n) is 2.12. The zero-order valence-corrected chi connectivity index (χ0v) is 9.55. The van der Waals surface area contributed by atoms with Crippen molar-refractivity contribution in [1.82, 2.24) is 10.2 Å². The van der Waals surface area contributed by atoms with E-state index in [1.165, 1.54) is 6.20 Å². The summed E-state index contributed by atoms with van der Waals surface area (Å²) in [5.74, 6) is 0.344. The number of benzene rings is 1. The highest BCUT2D eigenvalue weighted by atomic mass is 35.5. The van der Waals surface area contributed by atoms with Crippen molar-refractivity contribution in [2.24, 2.45) is 0 Å². The SMILES string of the molecule is N#Cc1c(OCc2ccccc2)cnnc1Cl. The quantitative estimate of drug-likeness (QED) is 0.834. The van der Waals surface area contributed by atoms with Crippen molar-refractivity contribution in [2.75, 3.05) is 0 Å². The van der Waals surface area contributed by atoms with Gasteiger partial charge < -0.3 is 4.74 Å². The predicted molar refractivity (Wildman–Crippen MR) is 62.5 cm³/mol. The van der Waals surface area contributed by atoms with Crippen LogP contribution < -0.4 is 4.74 Å². The van der Waals surface area contributed by atoms with Crippen LogP contribution in [-0.4, -0.2) is 10.2 Å². The Bertz CT molecular complexity index is 551. The van der Waals surface area contributed by atoms with Crippen LogP contribution in [0.1, 0.15) is 11.1 Å². The van der Waals surface area contributed by atoms with E-state index in [2.05, 4.69) is 10.2 Å². The number of hydrogen-bond donors (Lipinski definition) is 0. The molecule has 0 N–H and O–H groups in total. The number of aromatic nitrogens is 2. The van der Waals surface area contributed by atoms with Crippen LogP contribution in [-0.2, 0) is 6.61 Å². The average molecular weight is 246 g/mol. The lowest BCUT2D eigenvalue weighted by Gasteiger charge is -2.07. The molecule has 0 bridgehead atoms. The number of nitrogens with zero attached hydrogens (tertiary/aromatic N) is 3. The smallest absolute Gasteiger partial charge is 0.173 e. The highest BCUT2D eigenvalue weighted by molar-refractivity contribution is 6.30. The van der Waals surface area contributed by atoms with Crippen LogP contribution >= 0.6 is 11.6 Å². The molecule has 0 radical (unpaired) electrons. The van der Waals surface area contributed by atoms with Crippen molar-refractivity contribution in [3.8, 4) is 11.8 Å². The minimum atomic E-state index is 0.0538. The second kappa shape index (κ2) is 5.28. The van der Waals surface area contributed by atoms with E-state index >= 15 is 0 Å². The molecule has 0 saturated heterocycles. The van der Waals surface area contributed by atoms with Crippen molar-refractivity contribution in [3.63, 3.8) is 0 Å². The van der Waals surface area contributed by atoms with E-state index in [0.717, 1.165) is 5.56 Å². The van der Waals surface area contributed by atoms with Crippen LogP contribution in [0.3, 0.4) is 0 Å². The summed E-state index contributed by atoms with van der Waals surface area (Å²) in [5.41, 5.74) is 1.21. The average Bonchev–Trinajstić information content (AvgIpc) is 2.37. The monoisotopic (exact) mass is 245 g/mol. The van der Waals surface area contributed by atoms with Gasteiger partial charge in [-0.1, -0.05) is 41.9 Å². The van der Waals surface area contributed by atoms with E-state index < -0.39 is 0 Å². The molecule has 0 amide bonds. The zero-order chi connectivity index (χ0) is 12.1. The maximum atomic E-state index is 8.91. The van der Waals surface area contributed by atoms with Crippen LogP contribution in [0.4, 0.5) is 0 Å². The Kier molecular flexibility index (Phi) is 3.53. The van der Waals surface area contributed by atoms with Gasteiger partial charge in [0.25, 0.3) is 0 Å². The van der Waals surface area contributed by atoms with Gasteiger partial charge in [0.15, 0.2) is 10.9 Å². The van der Waals surface area contributed by atoms with Gasteiger partial charge in [-0.15, -0.1) is 5.10 Å². The van der Waals surface area contributed by atoms with Gasteiger partial charge in [0.2, 0.25) is 0 Å². The van der Waals surface area contributed by atoms with E-state index in [9.17, 15) is 0 Å². The number of ether oxygens (including phenoxy) is 1. The molecule has 0 aliphatic rings. The lowest BCUT2D eigenvalue weighted by atomic mass is 10.2. The normalized spacial score (nSPS) is 9.65. The first kappa shape index (κ1) is 11.4. The standard InChI is InChI=1S/C12H8ClN3O/c13-12-10(6-14)11(7-15-16-12)17-8-9-4-2-1-3-5-9/h1-5,7H,8H2. The summed E-state index contributed by atoms with van der Waals surface area (Å²) in [6.07, 6.45) is 1.38. The van der Waals surface area contributed by atoms with Crippen molar-refractivity contribution < 1.29 is 4.74 Å². The van der Waals surface area contributed by atoms with Crippen molar-refractivity contribution in [1.29, 1.82) is 5.26 Å². The molecule has 2 rings (SSSR count). The second-order valence-corrected chi connectivity index (χ2v) is 3.62. The number of nitriles is 1. The molecule has 2 aromatic rings. The number of hydrogen-bond acceptors (Lipinski definition) is 4. The van der Waals surface area contributed by atoms with Crippen molar-refractivity contribution >= 4 is 11.6 Å². The largest absolute Gasteiger partial charge is 0.486 e. The number of halogens is 1. The third kappa shape index (κ3) is 2.71. The van der Waals surface area contributed by atoms with Gasteiger partial charge in [-0.3, -0.25) is 0 Å². The Morgan fingerprint density at radius 2 is 2.06 bits per heavy atom. The van der Waals surface area contributed by atoms with Crippen LogP contribution in [0.15, 0.2) is 36.5 Å². The van der Waals surface area contributed by atoms with Crippen LogP contribution in [0.5, 0.6) is 5.75 Å². The third-order valence-corrected chi connectivity index (χ3v) is 2.39. The number of rotatable bonds is 3. The molecule has 84 valence electrons. The molecule has 0 spiro atoms. The van der Waals surface area contributed by atoms with Gasteiger partial charge in [-0.2, -0.15) is 10.4 Å². The van der Waals surface area contributed by atoms with Gasteiger partial charge in [0.05, 0.1) is 6.20 Å². The van der Waals surface area contributed by atoms with Crippen LogP contribution in [0.25, 0.3) is 0 Å². The van der Waals surface area contributed by atoms with Crippen molar-refractivity contribution in [2.45, 2.75) is 6.61 Å². The fraction of sp³-hybridized carbons (Fsp3) is 0.0833. The summed E-state index contributed by atoms with van der Waals surface area (Å²) in [6, 6.07) is 11.6. The Labute approximate surface area is 103 Å². The summed E-state index contributed by atoms with van der Waals surface area (Å²) in [4.78, 5) is 0. The van der Waals surface area contributed by atoms with Gasteiger partial charge in [0, 0.05) is 0 Å². The lowest BCUT2D eigenvalue weighted by molar-refractivity contribution is 0.303. The molecule has 1 aromatic carbocycles. The summed E-state index contributed by atoms with van der Waals surface area (Å²) in [5, 5.41) is 16.2. The maximum absolute atomic E-state index is 8.91. The highest BCUT2D eigenvalue weighted by Gasteiger charge is 2.09. The molecule has 17 heavy (non-hydrogen) atoms. The molecule has 1 heterocycles. The summed E-state index contributed by atoms with van der Waals surface area (Å²) >= 11 is 5.74. The van der Waals surface area contributed by atoms with E-state index in [1.807, 2.05) is 36.4 Å². The maximum Gasteiger partial charge on any atom is 0.173 e. The fourth-order valence-electron chi connectivity index (χ4n) is 1.29. The summed E-state index contributed by atoms with van der Waals surface area (Å²) in [7, 11) is 0. The highest BCUT2D eigenvalue weighted by Crippen LogP contribution is 2.22. The summed E-state index contributed by atoms with van der Waals surface area (Å²) < 4.78 is 5.49. The van der Waals surface area contributed by atoms with E-state index in [0.29, 0.717) is 12.4 Å². The molecule has 0 atom stereocenters. The lowest BCUT2D eigenvalue weighted by Crippen LogP contribution is -1.99. The first-order valence-corrected chi connectivity index (χ1v) is 5.27. The molecule has 0 saturated carbocycles. The van der Waals surface area contributed by atoms with Gasteiger partial charge in [-0.05, 0) is 5.56 Å². The summed E-state index contributed by atoms with van der Waals surface area (Å²) in [6.45, 7) is 0.359. The molecule has 0 fully saturated rings. The zero-order valence-electron chi connectivity index (χ0n) is 8.80. The van der Waals surface area contributed by atoms with Gasteiger partial charge in [-0.25, -0.2) is 0 Å². The Balaban J connectivity index is 2.15. The van der Waals surface area contributed by atoms with Crippen molar-refractivity contribution in [3.05, 3.63) is 52.8 Å². The molecule has 0 aliphatic heterocycles. The van der Waals surface area contributed by atoms with Crippen LogP contribution in [0.2, 0.25) is 5.15 Å². The molecule has 0 aliphatic carbocycles. The van der Waals surface area contributed by atoms with Crippen LogP contribution in [0, 0.1) is 11.3 Å². The van der Waals surface area contributed by atoms with E-state index in [4.69, 9.17) is 21.6 Å². The van der Waals surface area contributed by atoms with Gasteiger partial charge in [0.1, 0.15) is 18.2 Å². The first-order chi connectivity index (χ1) is 8.31. The molecule has 5 heteroatoms.